The molecule has 0 atom stereocenters. The minimum Gasteiger partial charge on any atom is -0.487 e. The van der Waals surface area contributed by atoms with Gasteiger partial charge in [-0.05, 0) is 53.5 Å². The zero-order valence-electron chi connectivity index (χ0n) is 24.1. The Morgan fingerprint density at radius 1 is 0.659 bits per heavy atom. The van der Waals surface area contributed by atoms with E-state index in [0.717, 1.165) is 21.5 Å². The summed E-state index contributed by atoms with van der Waals surface area (Å²) in [7, 11) is 0. The average Bonchev–Trinajstić information content (AvgIpc) is 3.08. The van der Waals surface area contributed by atoms with Gasteiger partial charge < -0.3 is 9.47 Å². The van der Waals surface area contributed by atoms with Crippen molar-refractivity contribution in [3.05, 3.63) is 156 Å². The third-order valence-corrected chi connectivity index (χ3v) is 11.7. The maximum Gasteiger partial charge on any atom is 0.379 e. The minimum absolute atomic E-state index is 0.0151. The molecule has 0 bridgehead atoms. The van der Waals surface area contributed by atoms with Crippen molar-refractivity contribution in [2.45, 2.75) is 13.5 Å². The molecular weight excluding hydrogens is 591 g/mol. The van der Waals surface area contributed by atoms with Crippen LogP contribution >= 0.6 is 18.5 Å². The van der Waals surface area contributed by atoms with Crippen LogP contribution in [-0.4, -0.2) is 29.4 Å². The van der Waals surface area contributed by atoms with E-state index in [1.165, 1.54) is 6.07 Å². The second kappa shape index (κ2) is 14.2. The third-order valence-electron chi connectivity index (χ3n) is 7.09. The van der Waals surface area contributed by atoms with E-state index in [1.807, 2.05) is 121 Å². The van der Waals surface area contributed by atoms with Crippen LogP contribution in [0.1, 0.15) is 22.8 Å². The van der Waals surface area contributed by atoms with Crippen molar-refractivity contribution in [2.24, 2.45) is 0 Å². The van der Waals surface area contributed by atoms with Crippen LogP contribution in [0.25, 0.3) is 0 Å². The number of halogens is 1. The molecule has 0 aromatic heterocycles. The molecule has 0 fully saturated rings. The van der Waals surface area contributed by atoms with Gasteiger partial charge in [-0.3, -0.25) is 9.59 Å². The molecule has 0 aliphatic rings. The lowest BCUT2D eigenvalue weighted by molar-refractivity contribution is -0.150. The van der Waals surface area contributed by atoms with Crippen molar-refractivity contribution in [2.75, 3.05) is 6.61 Å². The quantitative estimate of drug-likeness (QED) is 0.0562. The fraction of sp³-hybridized carbons (Fsp3) is 0.0811. The Balaban J connectivity index is 1.78. The number of hydrogen-bond acceptors (Lipinski definition) is 5. The highest BCUT2D eigenvalue weighted by Gasteiger charge is 2.40. The number of Topliss-reactive ketones (excluding diaryl/α,β-unsaturated/α-hetero) is 2. The van der Waals surface area contributed by atoms with Gasteiger partial charge in [0.15, 0.2) is 5.78 Å². The molecular formula is C37H30ClO5P. The van der Waals surface area contributed by atoms with Crippen LogP contribution in [0.4, 0.5) is 0 Å². The Hall–Kier alpha value is -4.70. The highest BCUT2D eigenvalue weighted by Crippen LogP contribution is 2.47. The van der Waals surface area contributed by atoms with Crippen molar-refractivity contribution in [3.63, 3.8) is 0 Å². The molecule has 44 heavy (non-hydrogen) atoms. The zero-order valence-corrected chi connectivity index (χ0v) is 25.7. The summed E-state index contributed by atoms with van der Waals surface area (Å²) in [5, 5.41) is 2.28. The number of hydrogen-bond donors (Lipinski definition) is 0. The molecule has 5 nitrogen and oxygen atoms in total. The normalized spacial score (nSPS) is 11.0. The van der Waals surface area contributed by atoms with E-state index in [-0.39, 0.29) is 29.1 Å². The summed E-state index contributed by atoms with van der Waals surface area (Å²) in [6.07, 6.45) is 0. The van der Waals surface area contributed by atoms with E-state index in [4.69, 9.17) is 21.1 Å². The van der Waals surface area contributed by atoms with E-state index >= 15 is 0 Å². The smallest absolute Gasteiger partial charge is 0.379 e. The predicted molar refractivity (Wildman–Crippen MR) is 178 cm³/mol. The molecule has 5 rings (SSSR count). The molecule has 5 aromatic rings. The lowest BCUT2D eigenvalue weighted by Gasteiger charge is -2.31. The van der Waals surface area contributed by atoms with E-state index in [2.05, 4.69) is 0 Å². The lowest BCUT2D eigenvalue weighted by atomic mass is 10.1. The van der Waals surface area contributed by atoms with Gasteiger partial charge in [0.05, 0.1) is 16.9 Å². The average molecular weight is 621 g/mol. The summed E-state index contributed by atoms with van der Waals surface area (Å²) in [5.74, 6) is -2.29. The van der Waals surface area contributed by atoms with Gasteiger partial charge in [0.25, 0.3) is 5.78 Å². The molecule has 0 spiro atoms. The van der Waals surface area contributed by atoms with Crippen molar-refractivity contribution in [1.29, 1.82) is 0 Å². The number of ether oxygens (including phenoxy) is 2. The molecule has 7 heteroatoms. The maximum absolute atomic E-state index is 14.8. The fourth-order valence-electron chi connectivity index (χ4n) is 5.12. The minimum atomic E-state index is -3.26. The fourth-order valence-corrected chi connectivity index (χ4v) is 9.71. The van der Waals surface area contributed by atoms with E-state index in [1.54, 1.807) is 19.1 Å². The van der Waals surface area contributed by atoms with E-state index < -0.39 is 24.4 Å². The Kier molecular flexibility index (Phi) is 9.91. The molecule has 0 saturated heterocycles. The summed E-state index contributed by atoms with van der Waals surface area (Å²) in [4.78, 5) is 42.3. The van der Waals surface area contributed by atoms with Crippen LogP contribution in [0.15, 0.2) is 140 Å². The van der Waals surface area contributed by atoms with Gasteiger partial charge in [-0.2, -0.15) is 0 Å². The van der Waals surface area contributed by atoms with Crippen LogP contribution in [0.2, 0.25) is 5.02 Å². The van der Waals surface area contributed by atoms with Crippen LogP contribution < -0.4 is 20.7 Å². The first-order chi connectivity index (χ1) is 21.5. The second-order valence-electron chi connectivity index (χ2n) is 9.82. The number of carbonyl (C=O) groups excluding carboxylic acids is 3. The Bertz CT molecular complexity index is 1720. The first-order valence-corrected chi connectivity index (χ1v) is 16.3. The first-order valence-electron chi connectivity index (χ1n) is 14.1. The van der Waals surface area contributed by atoms with Gasteiger partial charge in [-0.15, -0.1) is 0 Å². The maximum atomic E-state index is 14.8. The molecule has 0 N–H and O–H groups in total. The summed E-state index contributed by atoms with van der Waals surface area (Å²) < 4.78 is 11.1. The summed E-state index contributed by atoms with van der Waals surface area (Å²) in [6.45, 7) is -1.36. The molecule has 0 saturated carbocycles. The van der Waals surface area contributed by atoms with E-state index in [0.29, 0.717) is 5.75 Å². The summed E-state index contributed by atoms with van der Waals surface area (Å²) in [5.41, 5.74) is 1.12. The van der Waals surface area contributed by atoms with Crippen LogP contribution in [0.3, 0.4) is 0 Å². The number of carbonyl (C=O) groups is 3. The van der Waals surface area contributed by atoms with Gasteiger partial charge in [-0.1, -0.05) is 133 Å². The number of esters is 1. The first kappa shape index (κ1) is 30.7. The Labute approximate surface area is 262 Å². The number of benzene rings is 5. The SMILES string of the molecule is CCOC(=O)C(=O)C(C(=O)c1ccc(OCc2ccccc2)c(Cl)c1)=P(c1ccccc1)(c1ccccc1)c1ccccc1. The largest absolute Gasteiger partial charge is 0.487 e. The number of ketones is 2. The molecule has 5 aromatic carbocycles. The van der Waals surface area contributed by atoms with Gasteiger partial charge >= 0.3 is 5.97 Å². The molecule has 0 aliphatic carbocycles. The van der Waals surface area contributed by atoms with Crippen molar-refractivity contribution >= 4 is 57.2 Å². The van der Waals surface area contributed by atoms with Crippen LogP contribution in [0.5, 0.6) is 5.75 Å². The van der Waals surface area contributed by atoms with Crippen LogP contribution in [-0.2, 0) is 20.9 Å². The van der Waals surface area contributed by atoms with E-state index in [9.17, 15) is 14.4 Å². The molecule has 220 valence electrons. The summed E-state index contributed by atoms with van der Waals surface area (Å²) in [6, 6.07) is 42.5. The molecule has 0 heterocycles. The standard InChI is InChI=1S/C37H30ClO5P/c1-2-42-37(41)35(40)36(34(39)28-23-24-33(32(38)25-28)43-26-27-15-7-3-8-16-27)44(29-17-9-4-10-18-29,30-19-11-5-12-20-30)31-21-13-6-14-22-31/h3-25H,2,26H2,1H3. The molecule has 0 amide bonds. The van der Waals surface area contributed by atoms with Crippen molar-refractivity contribution < 1.29 is 23.9 Å². The molecule has 0 unspecified atom stereocenters. The highest BCUT2D eigenvalue weighted by molar-refractivity contribution is 7.98. The number of rotatable bonds is 11. The van der Waals surface area contributed by atoms with Crippen molar-refractivity contribution in [1.82, 2.24) is 0 Å². The predicted octanol–water partition coefficient (Wildman–Crippen LogP) is 6.40. The van der Waals surface area contributed by atoms with Gasteiger partial charge in [0.2, 0.25) is 0 Å². The van der Waals surface area contributed by atoms with Crippen molar-refractivity contribution in [3.8, 4) is 5.75 Å². The van der Waals surface area contributed by atoms with Gasteiger partial charge in [-0.25, -0.2) is 4.79 Å². The highest BCUT2D eigenvalue weighted by atomic mass is 35.5. The zero-order chi connectivity index (χ0) is 30.9. The van der Waals surface area contributed by atoms with Gasteiger partial charge in [0.1, 0.15) is 12.4 Å². The Morgan fingerprint density at radius 3 is 1.59 bits per heavy atom. The third kappa shape index (κ3) is 6.30. The summed E-state index contributed by atoms with van der Waals surface area (Å²) >= 11 is 6.65. The monoisotopic (exact) mass is 620 g/mol. The molecule has 0 radical (unpaired) electrons. The van der Waals surface area contributed by atoms with Gasteiger partial charge in [0, 0.05) is 5.56 Å². The second-order valence-corrected chi connectivity index (χ2v) is 13.6. The van der Waals surface area contributed by atoms with Crippen LogP contribution in [0, 0.1) is 0 Å². The lowest BCUT2D eigenvalue weighted by Crippen LogP contribution is -2.40. The topological polar surface area (TPSA) is 69.7 Å². The Morgan fingerprint density at radius 2 is 1.14 bits per heavy atom. The molecule has 0 aliphatic heterocycles.